The van der Waals surface area contributed by atoms with Gasteiger partial charge >= 0.3 is 0 Å². The van der Waals surface area contributed by atoms with Gasteiger partial charge in [0.25, 0.3) is 5.89 Å². The molecule has 1 aromatic carbocycles. The van der Waals surface area contributed by atoms with Gasteiger partial charge in [0.1, 0.15) is 5.82 Å². The number of hydrogen-bond donors (Lipinski definition) is 1. The first-order chi connectivity index (χ1) is 9.08. The Morgan fingerprint density at radius 3 is 2.89 bits per heavy atom. The van der Waals surface area contributed by atoms with E-state index in [1.54, 1.807) is 23.9 Å². The maximum Gasteiger partial charge on any atom is 0.263 e. The van der Waals surface area contributed by atoms with Gasteiger partial charge in [-0.3, -0.25) is 0 Å². The SMILES string of the molecule is CC(C)CSCc1noc(-c2c(N)cccc2F)n1. The van der Waals surface area contributed by atoms with E-state index in [4.69, 9.17) is 10.3 Å². The smallest absolute Gasteiger partial charge is 0.263 e. The second-order valence-corrected chi connectivity index (χ2v) is 5.66. The fourth-order valence-electron chi connectivity index (χ4n) is 1.57. The van der Waals surface area contributed by atoms with Crippen molar-refractivity contribution in [1.29, 1.82) is 0 Å². The third kappa shape index (κ3) is 3.47. The van der Waals surface area contributed by atoms with Gasteiger partial charge in [0, 0.05) is 5.69 Å². The average Bonchev–Trinajstić information content (AvgIpc) is 2.77. The highest BCUT2D eigenvalue weighted by Gasteiger charge is 2.16. The molecule has 0 aliphatic carbocycles. The lowest BCUT2D eigenvalue weighted by Crippen LogP contribution is -1.94. The van der Waals surface area contributed by atoms with Crippen molar-refractivity contribution in [2.24, 2.45) is 5.92 Å². The van der Waals surface area contributed by atoms with Crippen LogP contribution in [0.5, 0.6) is 0 Å². The standard InChI is InChI=1S/C13H16FN3OS/c1-8(2)6-19-7-11-16-13(18-17-11)12-9(14)4-3-5-10(12)15/h3-5,8H,6-7,15H2,1-2H3. The second-order valence-electron chi connectivity index (χ2n) is 4.63. The lowest BCUT2D eigenvalue weighted by molar-refractivity contribution is 0.423. The van der Waals surface area contributed by atoms with Crippen LogP contribution in [0.2, 0.25) is 0 Å². The van der Waals surface area contributed by atoms with Crippen molar-refractivity contribution in [2.45, 2.75) is 19.6 Å². The quantitative estimate of drug-likeness (QED) is 0.851. The largest absolute Gasteiger partial charge is 0.398 e. The summed E-state index contributed by atoms with van der Waals surface area (Å²) in [4.78, 5) is 4.18. The van der Waals surface area contributed by atoms with Crippen LogP contribution in [0.3, 0.4) is 0 Å². The highest BCUT2D eigenvalue weighted by atomic mass is 32.2. The van der Waals surface area contributed by atoms with Gasteiger partial charge in [-0.1, -0.05) is 25.1 Å². The van der Waals surface area contributed by atoms with Crippen molar-refractivity contribution >= 4 is 17.4 Å². The molecule has 2 rings (SSSR count). The Morgan fingerprint density at radius 2 is 2.21 bits per heavy atom. The number of thioether (sulfide) groups is 1. The van der Waals surface area contributed by atoms with Crippen molar-refractivity contribution in [3.05, 3.63) is 29.8 Å². The molecule has 2 aromatic rings. The van der Waals surface area contributed by atoms with Gasteiger partial charge in [-0.25, -0.2) is 4.39 Å². The molecule has 6 heteroatoms. The molecular formula is C13H16FN3OS. The van der Waals surface area contributed by atoms with Crippen LogP contribution in [-0.4, -0.2) is 15.9 Å². The van der Waals surface area contributed by atoms with E-state index in [0.717, 1.165) is 5.75 Å². The Balaban J connectivity index is 2.12. The Hall–Kier alpha value is -1.56. The molecule has 0 unspecified atom stereocenters. The highest BCUT2D eigenvalue weighted by Crippen LogP contribution is 2.27. The van der Waals surface area contributed by atoms with Crippen LogP contribution >= 0.6 is 11.8 Å². The minimum atomic E-state index is -0.454. The maximum absolute atomic E-state index is 13.7. The first-order valence-electron chi connectivity index (χ1n) is 6.02. The molecule has 0 aliphatic rings. The van der Waals surface area contributed by atoms with E-state index in [1.807, 2.05) is 0 Å². The van der Waals surface area contributed by atoms with Crippen LogP contribution in [0.25, 0.3) is 11.5 Å². The molecule has 0 spiro atoms. The van der Waals surface area contributed by atoms with E-state index in [-0.39, 0.29) is 11.5 Å². The number of benzene rings is 1. The number of hydrogen-bond acceptors (Lipinski definition) is 5. The zero-order valence-corrected chi connectivity index (χ0v) is 11.7. The monoisotopic (exact) mass is 281 g/mol. The average molecular weight is 281 g/mol. The summed E-state index contributed by atoms with van der Waals surface area (Å²) in [6, 6.07) is 4.48. The van der Waals surface area contributed by atoms with Crippen LogP contribution in [0.1, 0.15) is 19.7 Å². The number of nitrogen functional groups attached to an aromatic ring is 1. The molecular weight excluding hydrogens is 265 g/mol. The number of rotatable bonds is 5. The van der Waals surface area contributed by atoms with E-state index in [9.17, 15) is 4.39 Å². The Morgan fingerprint density at radius 1 is 1.42 bits per heavy atom. The number of nitrogens with zero attached hydrogens (tertiary/aromatic N) is 2. The van der Waals surface area contributed by atoms with Gasteiger partial charge in [-0.15, -0.1) is 0 Å². The summed E-state index contributed by atoms with van der Waals surface area (Å²) in [5, 5.41) is 3.84. The van der Waals surface area contributed by atoms with Crippen molar-refractivity contribution < 1.29 is 8.91 Å². The van der Waals surface area contributed by atoms with Crippen molar-refractivity contribution in [3.8, 4) is 11.5 Å². The fraction of sp³-hybridized carbons (Fsp3) is 0.385. The first kappa shape index (κ1) is 13.9. The molecule has 1 aromatic heterocycles. The molecule has 19 heavy (non-hydrogen) atoms. The molecule has 102 valence electrons. The number of halogens is 1. The van der Waals surface area contributed by atoms with Gasteiger partial charge in [0.15, 0.2) is 5.82 Å². The molecule has 0 bridgehead atoms. The molecule has 1 heterocycles. The molecule has 0 atom stereocenters. The van der Waals surface area contributed by atoms with Crippen LogP contribution in [-0.2, 0) is 5.75 Å². The molecule has 0 radical (unpaired) electrons. The predicted octanol–water partition coefficient (Wildman–Crippen LogP) is 3.35. The summed E-state index contributed by atoms with van der Waals surface area (Å²) >= 11 is 1.72. The minimum absolute atomic E-state index is 0.135. The van der Waals surface area contributed by atoms with Gasteiger partial charge in [-0.05, 0) is 23.8 Å². The molecule has 0 fully saturated rings. The van der Waals surface area contributed by atoms with Crippen molar-refractivity contribution in [3.63, 3.8) is 0 Å². The van der Waals surface area contributed by atoms with E-state index >= 15 is 0 Å². The summed E-state index contributed by atoms with van der Waals surface area (Å²) in [6.45, 7) is 4.30. The number of anilines is 1. The summed E-state index contributed by atoms with van der Waals surface area (Å²) < 4.78 is 18.8. The third-order valence-corrected chi connectivity index (χ3v) is 3.77. The molecule has 0 amide bonds. The van der Waals surface area contributed by atoms with Crippen LogP contribution < -0.4 is 5.73 Å². The second kappa shape index (κ2) is 6.06. The molecule has 4 nitrogen and oxygen atoms in total. The summed E-state index contributed by atoms with van der Waals surface area (Å²) in [5.41, 5.74) is 6.20. The minimum Gasteiger partial charge on any atom is -0.398 e. The molecule has 2 N–H and O–H groups in total. The van der Waals surface area contributed by atoms with E-state index in [1.165, 1.54) is 6.07 Å². The van der Waals surface area contributed by atoms with Crippen LogP contribution in [0, 0.1) is 11.7 Å². The van der Waals surface area contributed by atoms with Gasteiger partial charge in [0.2, 0.25) is 0 Å². The third-order valence-electron chi connectivity index (χ3n) is 2.41. The lowest BCUT2D eigenvalue weighted by atomic mass is 10.1. The summed E-state index contributed by atoms with van der Waals surface area (Å²) in [7, 11) is 0. The first-order valence-corrected chi connectivity index (χ1v) is 7.18. The Kier molecular flexibility index (Phi) is 4.42. The normalized spacial score (nSPS) is 11.2. The highest BCUT2D eigenvalue weighted by molar-refractivity contribution is 7.98. The number of nitrogens with two attached hydrogens (primary N) is 1. The van der Waals surface area contributed by atoms with Gasteiger partial charge in [0.05, 0.1) is 11.3 Å². The van der Waals surface area contributed by atoms with E-state index in [0.29, 0.717) is 23.2 Å². The van der Waals surface area contributed by atoms with Gasteiger partial charge in [-0.2, -0.15) is 16.7 Å². The van der Waals surface area contributed by atoms with Gasteiger partial charge < -0.3 is 10.3 Å². The molecule has 0 aliphatic heterocycles. The predicted molar refractivity (Wildman–Crippen MR) is 75.1 cm³/mol. The zero-order valence-electron chi connectivity index (χ0n) is 10.9. The summed E-state index contributed by atoms with van der Waals surface area (Å²) in [5.74, 6) is 2.52. The van der Waals surface area contributed by atoms with E-state index in [2.05, 4.69) is 24.0 Å². The van der Waals surface area contributed by atoms with Crippen LogP contribution in [0.15, 0.2) is 22.7 Å². The van der Waals surface area contributed by atoms with Crippen molar-refractivity contribution in [2.75, 3.05) is 11.5 Å². The molecule has 0 saturated heterocycles. The molecule has 0 saturated carbocycles. The maximum atomic E-state index is 13.7. The lowest BCUT2D eigenvalue weighted by Gasteiger charge is -2.01. The topological polar surface area (TPSA) is 64.9 Å². The Bertz CT molecular complexity index is 536. The van der Waals surface area contributed by atoms with Crippen molar-refractivity contribution in [1.82, 2.24) is 10.1 Å². The zero-order chi connectivity index (χ0) is 13.8. The van der Waals surface area contributed by atoms with Crippen LogP contribution in [0.4, 0.5) is 10.1 Å². The Labute approximate surface area is 115 Å². The summed E-state index contributed by atoms with van der Waals surface area (Å²) in [6.07, 6.45) is 0. The fourth-order valence-corrected chi connectivity index (χ4v) is 2.46. The van der Waals surface area contributed by atoms with E-state index < -0.39 is 5.82 Å². The number of aromatic nitrogens is 2.